The minimum Gasteiger partial charge on any atom is -0.455 e. The van der Waals surface area contributed by atoms with Crippen LogP contribution in [0.2, 0.25) is 0 Å². The number of hydrogen-bond acceptors (Lipinski definition) is 10. The Balaban J connectivity index is 1.30. The van der Waals surface area contributed by atoms with Crippen LogP contribution in [0.5, 0.6) is 0 Å². The van der Waals surface area contributed by atoms with Crippen molar-refractivity contribution in [3.05, 3.63) is 96.1 Å². The standard InChI is InChI=1S/C41H50N4O9/c1-51-27-31-36(29-13-7-3-8-14-29)53-40(50)34-32-16-17-41(54-32)35(34)38(48)45(30(26-46)25-28-11-5-2-6-12-28)37(41)39(49)44(18-10-4-9-15-33(47)42-31)20-19-43-21-23-52-24-22-43/h2-8,10-14,16-17,30-32,34-37,46H,9,15,18-27H2,1H3,(H,42,47)/b10-4-/t30-,31+,32-,34+,35+,36+,37-,41+/m1/s1. The van der Waals surface area contributed by atoms with E-state index in [1.807, 2.05) is 72.8 Å². The lowest BCUT2D eigenvalue weighted by molar-refractivity contribution is -0.163. The maximum absolute atomic E-state index is 15.2. The summed E-state index contributed by atoms with van der Waals surface area (Å²) in [4.78, 5) is 63.5. The summed E-state index contributed by atoms with van der Waals surface area (Å²) in [5.74, 6) is -3.87. The number of carbonyl (C=O) groups is 4. The number of benzene rings is 2. The van der Waals surface area contributed by atoms with Crippen LogP contribution >= 0.6 is 0 Å². The maximum atomic E-state index is 15.2. The molecule has 54 heavy (non-hydrogen) atoms. The average Bonchev–Trinajstić information content (AvgIpc) is 3.84. The number of esters is 1. The van der Waals surface area contributed by atoms with E-state index >= 15 is 4.79 Å². The number of aliphatic hydroxyl groups is 1. The summed E-state index contributed by atoms with van der Waals surface area (Å²) in [5, 5.41) is 13.9. The fraction of sp³-hybridized carbons (Fsp3) is 0.512. The van der Waals surface area contributed by atoms with E-state index in [-0.39, 0.29) is 31.4 Å². The van der Waals surface area contributed by atoms with Crippen molar-refractivity contribution >= 4 is 23.7 Å². The van der Waals surface area contributed by atoms with Crippen molar-refractivity contribution in [1.29, 1.82) is 0 Å². The molecule has 5 bridgehead atoms. The van der Waals surface area contributed by atoms with E-state index in [9.17, 15) is 19.5 Å². The molecule has 0 aliphatic carbocycles. The van der Waals surface area contributed by atoms with Crippen molar-refractivity contribution in [2.75, 3.05) is 66.3 Å². The number of ether oxygens (including phenoxy) is 4. The van der Waals surface area contributed by atoms with Crippen LogP contribution in [0.25, 0.3) is 0 Å². The topological polar surface area (TPSA) is 147 Å². The molecule has 288 valence electrons. The van der Waals surface area contributed by atoms with E-state index in [4.69, 9.17) is 18.9 Å². The number of rotatable bonds is 10. The number of cyclic esters (lactones) is 1. The van der Waals surface area contributed by atoms with Gasteiger partial charge in [-0.25, -0.2) is 0 Å². The minimum atomic E-state index is -1.47. The fourth-order valence-electron chi connectivity index (χ4n) is 8.66. The molecule has 7 rings (SSSR count). The number of fused-ring (bicyclic) bond motifs is 2. The second kappa shape index (κ2) is 17.0. The summed E-state index contributed by atoms with van der Waals surface area (Å²) in [5.41, 5.74) is 0.0661. The monoisotopic (exact) mass is 742 g/mol. The highest BCUT2D eigenvalue weighted by Gasteiger charge is 2.74. The first kappa shape index (κ1) is 37.9. The molecule has 5 aliphatic heterocycles. The number of nitrogens with zero attached hydrogens (tertiary/aromatic N) is 3. The van der Waals surface area contributed by atoms with Gasteiger partial charge in [0, 0.05) is 46.3 Å². The zero-order valence-corrected chi connectivity index (χ0v) is 30.7. The molecule has 3 fully saturated rings. The van der Waals surface area contributed by atoms with Crippen LogP contribution < -0.4 is 5.32 Å². The van der Waals surface area contributed by atoms with Crippen LogP contribution in [0.15, 0.2) is 85.0 Å². The summed E-state index contributed by atoms with van der Waals surface area (Å²) >= 11 is 0. The highest BCUT2D eigenvalue weighted by atomic mass is 16.6. The zero-order valence-electron chi connectivity index (χ0n) is 30.7. The molecule has 1 spiro atoms. The van der Waals surface area contributed by atoms with Gasteiger partial charge in [0.05, 0.1) is 50.5 Å². The van der Waals surface area contributed by atoms with Gasteiger partial charge in [-0.2, -0.15) is 0 Å². The number of methoxy groups -OCH3 is 1. The largest absolute Gasteiger partial charge is 0.455 e. The third-order valence-electron chi connectivity index (χ3n) is 11.3. The van der Waals surface area contributed by atoms with E-state index in [1.54, 1.807) is 17.1 Å². The lowest BCUT2D eigenvalue weighted by atomic mass is 9.74. The van der Waals surface area contributed by atoms with Gasteiger partial charge in [-0.1, -0.05) is 85.0 Å². The van der Waals surface area contributed by atoms with Gasteiger partial charge in [-0.05, 0) is 24.0 Å². The van der Waals surface area contributed by atoms with E-state index in [2.05, 4.69) is 10.2 Å². The van der Waals surface area contributed by atoms with Crippen LogP contribution in [0.1, 0.15) is 30.1 Å². The smallest absolute Gasteiger partial charge is 0.313 e. The first-order valence-electron chi connectivity index (χ1n) is 19.0. The summed E-state index contributed by atoms with van der Waals surface area (Å²) in [6, 6.07) is 16.0. The predicted molar refractivity (Wildman–Crippen MR) is 197 cm³/mol. The van der Waals surface area contributed by atoms with Crippen LogP contribution in [0.4, 0.5) is 0 Å². The quantitative estimate of drug-likeness (QED) is 0.272. The number of likely N-dealkylation sites (tertiary alicyclic amines) is 1. The van der Waals surface area contributed by atoms with E-state index in [1.165, 1.54) is 12.0 Å². The summed E-state index contributed by atoms with van der Waals surface area (Å²) in [6.45, 7) is 3.53. The van der Waals surface area contributed by atoms with E-state index < -0.39 is 66.3 Å². The second-order valence-electron chi connectivity index (χ2n) is 14.6. The van der Waals surface area contributed by atoms with Crippen molar-refractivity contribution in [3.63, 3.8) is 0 Å². The van der Waals surface area contributed by atoms with Crippen LogP contribution in [-0.2, 0) is 44.5 Å². The molecule has 3 saturated heterocycles. The third kappa shape index (κ3) is 7.60. The number of hydrogen-bond donors (Lipinski definition) is 2. The molecule has 13 nitrogen and oxygen atoms in total. The van der Waals surface area contributed by atoms with Crippen molar-refractivity contribution in [1.82, 2.24) is 20.0 Å². The highest BCUT2D eigenvalue weighted by Crippen LogP contribution is 2.56. The van der Waals surface area contributed by atoms with Crippen molar-refractivity contribution in [3.8, 4) is 0 Å². The molecule has 2 aromatic rings. The molecular weight excluding hydrogens is 692 g/mol. The van der Waals surface area contributed by atoms with Gasteiger partial charge in [0.25, 0.3) is 0 Å². The van der Waals surface area contributed by atoms with Gasteiger partial charge in [-0.15, -0.1) is 0 Å². The third-order valence-corrected chi connectivity index (χ3v) is 11.3. The van der Waals surface area contributed by atoms with Gasteiger partial charge >= 0.3 is 5.97 Å². The molecular formula is C41H50N4O9. The van der Waals surface area contributed by atoms with Gasteiger partial charge < -0.3 is 39.2 Å². The molecule has 5 aliphatic rings. The van der Waals surface area contributed by atoms with Crippen molar-refractivity contribution in [2.45, 2.75) is 55.2 Å². The van der Waals surface area contributed by atoms with Crippen molar-refractivity contribution < 1.29 is 43.2 Å². The van der Waals surface area contributed by atoms with Crippen LogP contribution in [0, 0.1) is 11.8 Å². The molecule has 8 atom stereocenters. The number of allylic oxidation sites excluding steroid dienone is 1. The number of nitrogens with one attached hydrogen (secondary N) is 1. The van der Waals surface area contributed by atoms with Gasteiger partial charge in [-0.3, -0.25) is 24.1 Å². The molecule has 2 aromatic carbocycles. The fourth-order valence-corrected chi connectivity index (χ4v) is 8.66. The molecule has 0 saturated carbocycles. The molecule has 5 heterocycles. The average molecular weight is 743 g/mol. The van der Waals surface area contributed by atoms with Crippen molar-refractivity contribution in [2.24, 2.45) is 11.8 Å². The van der Waals surface area contributed by atoms with Crippen LogP contribution in [-0.4, -0.2) is 140 Å². The Kier molecular flexibility index (Phi) is 11.9. The summed E-state index contributed by atoms with van der Waals surface area (Å²) < 4.78 is 24.1. The highest BCUT2D eigenvalue weighted by molar-refractivity contribution is 5.99. The normalized spacial score (nSPS) is 31.7. The van der Waals surface area contributed by atoms with Crippen LogP contribution in [0.3, 0.4) is 0 Å². The Bertz CT molecular complexity index is 1700. The Morgan fingerprint density at radius 2 is 1.70 bits per heavy atom. The predicted octanol–water partition coefficient (Wildman–Crippen LogP) is 1.67. The number of morpholine rings is 1. The summed E-state index contributed by atoms with van der Waals surface area (Å²) in [7, 11) is 1.51. The Morgan fingerprint density at radius 1 is 0.963 bits per heavy atom. The number of aliphatic hydroxyl groups excluding tert-OH is 1. The maximum Gasteiger partial charge on any atom is 0.313 e. The first-order valence-corrected chi connectivity index (χ1v) is 19.0. The molecule has 0 radical (unpaired) electrons. The van der Waals surface area contributed by atoms with E-state index in [0.29, 0.717) is 44.7 Å². The molecule has 3 amide bonds. The lowest BCUT2D eigenvalue weighted by Gasteiger charge is -2.39. The minimum absolute atomic E-state index is 0.0609. The summed E-state index contributed by atoms with van der Waals surface area (Å²) in [6.07, 6.45) is 6.39. The SMILES string of the molecule is COC[C@@H]1NC(=O)CC/C=C\CN(CCN2CCOCC2)C(=O)[C@H]2N([C@@H](CO)Cc3ccccc3)C(=O)[C@@H]3[C@@H](C(=O)O[C@H]1c1ccccc1)[C@H]1C=C[C@]32O1. The molecule has 13 heteroatoms. The Hall–Kier alpha value is -4.40. The first-order chi connectivity index (χ1) is 26.3. The van der Waals surface area contributed by atoms with Gasteiger partial charge in [0.1, 0.15) is 23.7 Å². The van der Waals surface area contributed by atoms with E-state index in [0.717, 1.165) is 18.7 Å². The zero-order chi connectivity index (χ0) is 37.7. The van der Waals surface area contributed by atoms with Gasteiger partial charge in [0.15, 0.2) is 0 Å². The Labute approximate surface area is 315 Å². The lowest BCUT2D eigenvalue weighted by Crippen LogP contribution is -2.59. The number of carbonyl (C=O) groups excluding carboxylic acids is 4. The molecule has 2 N–H and O–H groups in total. The second-order valence-corrected chi connectivity index (χ2v) is 14.6. The van der Waals surface area contributed by atoms with Gasteiger partial charge in [0.2, 0.25) is 17.7 Å². The molecule has 0 unspecified atom stereocenters. The molecule has 0 aromatic heterocycles. The number of amides is 3. The Morgan fingerprint density at radius 3 is 2.43 bits per heavy atom.